The molecule has 1 saturated heterocycles. The minimum Gasteiger partial charge on any atom is -0.383 e. The molecule has 0 unspecified atom stereocenters. The molecule has 1 N–H and O–H groups in total. The van der Waals surface area contributed by atoms with E-state index in [-0.39, 0.29) is 0 Å². The van der Waals surface area contributed by atoms with Crippen molar-refractivity contribution in [2.24, 2.45) is 5.92 Å². The number of nitrogens with zero attached hydrogens (tertiary/aromatic N) is 1. The van der Waals surface area contributed by atoms with Crippen LogP contribution in [-0.4, -0.2) is 50.7 Å². The van der Waals surface area contributed by atoms with Gasteiger partial charge in [-0.05, 0) is 56.7 Å². The van der Waals surface area contributed by atoms with Crippen molar-refractivity contribution in [1.82, 2.24) is 10.2 Å². The number of ether oxygens (including phenoxy) is 1. The maximum Gasteiger partial charge on any atom is 0.222 e. The maximum atomic E-state index is 12.6. The Morgan fingerprint density at radius 3 is 2.67 bits per heavy atom. The Hall–Kier alpha value is -1.39. The minimum atomic E-state index is 0.290. The summed E-state index contributed by atoms with van der Waals surface area (Å²) >= 11 is 0. The number of amides is 1. The normalized spacial score (nSPS) is 15.4. The van der Waals surface area contributed by atoms with Gasteiger partial charge in [0.15, 0.2) is 0 Å². The third-order valence-electron chi connectivity index (χ3n) is 4.88. The molecule has 1 aromatic carbocycles. The highest BCUT2D eigenvalue weighted by atomic mass is 16.5. The number of nitrogens with one attached hydrogen (secondary N) is 1. The molecule has 0 radical (unpaired) electrons. The molecule has 134 valence electrons. The van der Waals surface area contributed by atoms with Crippen molar-refractivity contribution in [3.05, 3.63) is 35.9 Å². The molecule has 0 aromatic heterocycles. The zero-order chi connectivity index (χ0) is 17.0. The minimum absolute atomic E-state index is 0.290. The molecule has 4 nitrogen and oxygen atoms in total. The van der Waals surface area contributed by atoms with Crippen molar-refractivity contribution in [3.63, 3.8) is 0 Å². The lowest BCUT2D eigenvalue weighted by Gasteiger charge is -2.25. The van der Waals surface area contributed by atoms with E-state index in [0.717, 1.165) is 38.9 Å². The van der Waals surface area contributed by atoms with Gasteiger partial charge in [0.05, 0.1) is 6.61 Å². The van der Waals surface area contributed by atoms with Crippen molar-refractivity contribution in [2.45, 2.75) is 38.5 Å². The summed E-state index contributed by atoms with van der Waals surface area (Å²) in [7, 11) is 1.70. The highest BCUT2D eigenvalue weighted by Crippen LogP contribution is 2.18. The zero-order valence-corrected chi connectivity index (χ0v) is 15.0. The third-order valence-corrected chi connectivity index (χ3v) is 4.88. The Balaban J connectivity index is 1.74. The maximum absolute atomic E-state index is 12.6. The second kappa shape index (κ2) is 11.2. The van der Waals surface area contributed by atoms with Crippen LogP contribution in [0.15, 0.2) is 30.3 Å². The fourth-order valence-corrected chi connectivity index (χ4v) is 3.34. The van der Waals surface area contributed by atoms with Crippen LogP contribution in [0.2, 0.25) is 0 Å². The molecule has 4 heteroatoms. The average molecular weight is 332 g/mol. The first-order chi connectivity index (χ1) is 11.8. The molecule has 1 aliphatic heterocycles. The summed E-state index contributed by atoms with van der Waals surface area (Å²) in [4.78, 5) is 14.6. The molecule has 0 atom stereocenters. The lowest BCUT2D eigenvalue weighted by Crippen LogP contribution is -2.35. The van der Waals surface area contributed by atoms with Crippen LogP contribution in [0.4, 0.5) is 0 Å². The zero-order valence-electron chi connectivity index (χ0n) is 15.0. The van der Waals surface area contributed by atoms with Gasteiger partial charge in [-0.25, -0.2) is 0 Å². The Morgan fingerprint density at radius 1 is 1.21 bits per heavy atom. The Labute approximate surface area is 146 Å². The predicted molar refractivity (Wildman–Crippen MR) is 98.0 cm³/mol. The number of hydrogen-bond donors (Lipinski definition) is 1. The Bertz CT molecular complexity index is 458. The second-order valence-electron chi connectivity index (χ2n) is 6.69. The molecular formula is C20H32N2O2. The average Bonchev–Trinajstić information content (AvgIpc) is 2.64. The van der Waals surface area contributed by atoms with E-state index in [2.05, 4.69) is 29.6 Å². The van der Waals surface area contributed by atoms with Gasteiger partial charge in [-0.1, -0.05) is 30.3 Å². The summed E-state index contributed by atoms with van der Waals surface area (Å²) in [6.45, 7) is 4.34. The highest BCUT2D eigenvalue weighted by Gasteiger charge is 2.17. The highest BCUT2D eigenvalue weighted by molar-refractivity contribution is 5.76. The quantitative estimate of drug-likeness (QED) is 0.716. The van der Waals surface area contributed by atoms with E-state index in [1.54, 1.807) is 7.11 Å². The number of methoxy groups -OCH3 is 1. The first-order valence-electron chi connectivity index (χ1n) is 9.31. The monoisotopic (exact) mass is 332 g/mol. The molecule has 1 aromatic rings. The smallest absolute Gasteiger partial charge is 0.222 e. The molecule has 1 aliphatic rings. The summed E-state index contributed by atoms with van der Waals surface area (Å²) in [6, 6.07) is 10.5. The molecule has 0 spiro atoms. The van der Waals surface area contributed by atoms with Gasteiger partial charge < -0.3 is 15.0 Å². The second-order valence-corrected chi connectivity index (χ2v) is 6.69. The van der Waals surface area contributed by atoms with Gasteiger partial charge in [0.25, 0.3) is 0 Å². The summed E-state index contributed by atoms with van der Waals surface area (Å²) < 4.78 is 5.18. The van der Waals surface area contributed by atoms with E-state index < -0.39 is 0 Å². The van der Waals surface area contributed by atoms with E-state index in [9.17, 15) is 4.79 Å². The van der Waals surface area contributed by atoms with Gasteiger partial charge in [-0.15, -0.1) is 0 Å². The standard InChI is InChI=1S/C20H32N2O2/c1-24-17-16-22(15-5-8-18-6-3-2-4-7-18)20(23)10-9-19-11-13-21-14-12-19/h2-4,6-7,19,21H,5,8-17H2,1H3. The van der Waals surface area contributed by atoms with E-state index in [4.69, 9.17) is 4.74 Å². The number of benzene rings is 1. The van der Waals surface area contributed by atoms with Gasteiger partial charge in [0.2, 0.25) is 5.91 Å². The molecule has 24 heavy (non-hydrogen) atoms. The number of carbonyl (C=O) groups excluding carboxylic acids is 1. The van der Waals surface area contributed by atoms with Gasteiger partial charge in [0.1, 0.15) is 0 Å². The lowest BCUT2D eigenvalue weighted by atomic mass is 9.93. The number of hydrogen-bond acceptors (Lipinski definition) is 3. The van der Waals surface area contributed by atoms with Crippen LogP contribution < -0.4 is 5.32 Å². The van der Waals surface area contributed by atoms with Crippen LogP contribution in [0.25, 0.3) is 0 Å². The topological polar surface area (TPSA) is 41.6 Å². The van der Waals surface area contributed by atoms with E-state index in [0.29, 0.717) is 31.4 Å². The van der Waals surface area contributed by atoms with Crippen LogP contribution in [0, 0.1) is 5.92 Å². The molecule has 1 heterocycles. The van der Waals surface area contributed by atoms with Gasteiger partial charge in [0, 0.05) is 26.6 Å². The summed E-state index contributed by atoms with van der Waals surface area (Å²) in [5.74, 6) is 1.00. The first-order valence-corrected chi connectivity index (χ1v) is 9.31. The van der Waals surface area contributed by atoms with E-state index in [1.807, 2.05) is 11.0 Å². The van der Waals surface area contributed by atoms with Crippen molar-refractivity contribution in [2.75, 3.05) is 39.9 Å². The number of carbonyl (C=O) groups is 1. The molecule has 0 bridgehead atoms. The van der Waals surface area contributed by atoms with Crippen LogP contribution in [0.5, 0.6) is 0 Å². The SMILES string of the molecule is COCCN(CCCc1ccccc1)C(=O)CCC1CCNCC1. The van der Waals surface area contributed by atoms with E-state index in [1.165, 1.54) is 18.4 Å². The molecular weight excluding hydrogens is 300 g/mol. The van der Waals surface area contributed by atoms with Crippen LogP contribution in [0.3, 0.4) is 0 Å². The van der Waals surface area contributed by atoms with Gasteiger partial charge in [-0.2, -0.15) is 0 Å². The van der Waals surface area contributed by atoms with Gasteiger partial charge >= 0.3 is 0 Å². The lowest BCUT2D eigenvalue weighted by molar-refractivity contribution is -0.132. The Kier molecular flexibility index (Phi) is 8.85. The number of piperidine rings is 1. The third kappa shape index (κ3) is 7.02. The largest absolute Gasteiger partial charge is 0.383 e. The number of rotatable bonds is 10. The predicted octanol–water partition coefficient (Wildman–Crippen LogP) is 2.87. The number of aryl methyl sites for hydroxylation is 1. The molecule has 1 fully saturated rings. The first kappa shape index (κ1) is 18.9. The van der Waals surface area contributed by atoms with Gasteiger partial charge in [-0.3, -0.25) is 4.79 Å². The summed E-state index contributed by atoms with van der Waals surface area (Å²) in [6.07, 6.45) is 6.15. The van der Waals surface area contributed by atoms with Crippen LogP contribution in [-0.2, 0) is 16.0 Å². The molecule has 0 aliphatic carbocycles. The van der Waals surface area contributed by atoms with Crippen molar-refractivity contribution in [3.8, 4) is 0 Å². The summed E-state index contributed by atoms with van der Waals surface area (Å²) in [5, 5.41) is 3.38. The van der Waals surface area contributed by atoms with E-state index >= 15 is 0 Å². The van der Waals surface area contributed by atoms with Crippen molar-refractivity contribution >= 4 is 5.91 Å². The summed E-state index contributed by atoms with van der Waals surface area (Å²) in [5.41, 5.74) is 1.34. The molecule has 1 amide bonds. The fraction of sp³-hybridized carbons (Fsp3) is 0.650. The molecule has 0 saturated carbocycles. The Morgan fingerprint density at radius 2 is 1.96 bits per heavy atom. The van der Waals surface area contributed by atoms with Crippen molar-refractivity contribution < 1.29 is 9.53 Å². The van der Waals surface area contributed by atoms with Crippen LogP contribution in [0.1, 0.15) is 37.7 Å². The van der Waals surface area contributed by atoms with Crippen molar-refractivity contribution in [1.29, 1.82) is 0 Å². The van der Waals surface area contributed by atoms with Crippen LogP contribution >= 0.6 is 0 Å². The fourth-order valence-electron chi connectivity index (χ4n) is 3.34. The molecule has 2 rings (SSSR count).